The topological polar surface area (TPSA) is 110 Å². The number of aryl methyl sites for hydroxylation is 1. The lowest BCUT2D eigenvalue weighted by Crippen LogP contribution is -2.10. The van der Waals surface area contributed by atoms with Crippen LogP contribution in [0.25, 0.3) is 11.0 Å². The van der Waals surface area contributed by atoms with E-state index in [1.54, 1.807) is 36.5 Å². The molecule has 3 N–H and O–H groups in total. The Morgan fingerprint density at radius 2 is 2.09 bits per heavy atom. The SMILES string of the molecule is C=CC(=O)Nc1cccc(Oc2nc(Nc3cn(C)nc3C(F)(F)F)nc3[nH]ccc23)c1. The second kappa shape index (κ2) is 8.06. The molecule has 0 bridgehead atoms. The van der Waals surface area contributed by atoms with Crippen molar-refractivity contribution in [3.63, 3.8) is 0 Å². The Bertz CT molecular complexity index is 1310. The third-order valence-electron chi connectivity index (χ3n) is 4.23. The third kappa shape index (κ3) is 4.38. The number of H-pyrrole nitrogens is 1. The molecule has 9 nitrogen and oxygen atoms in total. The van der Waals surface area contributed by atoms with Crippen molar-refractivity contribution in [2.75, 3.05) is 10.6 Å². The van der Waals surface area contributed by atoms with Crippen LogP contribution in [0, 0.1) is 0 Å². The van der Waals surface area contributed by atoms with Gasteiger partial charge in [0.1, 0.15) is 11.4 Å². The lowest BCUT2D eigenvalue weighted by atomic mass is 10.3. The van der Waals surface area contributed by atoms with E-state index in [4.69, 9.17) is 4.74 Å². The quantitative estimate of drug-likeness (QED) is 0.382. The monoisotopic (exact) mass is 443 g/mol. The molecule has 0 atom stereocenters. The highest BCUT2D eigenvalue weighted by atomic mass is 19.4. The van der Waals surface area contributed by atoms with Crippen molar-refractivity contribution < 1.29 is 22.7 Å². The van der Waals surface area contributed by atoms with Gasteiger partial charge >= 0.3 is 6.18 Å². The van der Waals surface area contributed by atoms with Crippen LogP contribution in [0.2, 0.25) is 0 Å². The number of benzene rings is 1. The summed E-state index contributed by atoms with van der Waals surface area (Å²) >= 11 is 0. The van der Waals surface area contributed by atoms with Crippen LogP contribution in [0.1, 0.15) is 5.69 Å². The van der Waals surface area contributed by atoms with E-state index in [-0.39, 0.29) is 23.4 Å². The maximum Gasteiger partial charge on any atom is 0.437 e. The predicted octanol–water partition coefficient (Wildman–Crippen LogP) is 4.37. The van der Waals surface area contributed by atoms with Crippen LogP contribution in [0.3, 0.4) is 0 Å². The van der Waals surface area contributed by atoms with Crippen molar-refractivity contribution in [1.82, 2.24) is 24.7 Å². The Hall–Kier alpha value is -4.35. The lowest BCUT2D eigenvalue weighted by molar-refractivity contribution is -0.140. The van der Waals surface area contributed by atoms with Gasteiger partial charge < -0.3 is 20.4 Å². The zero-order valence-electron chi connectivity index (χ0n) is 16.6. The number of amides is 1. The minimum atomic E-state index is -4.66. The van der Waals surface area contributed by atoms with E-state index >= 15 is 0 Å². The van der Waals surface area contributed by atoms with Crippen molar-refractivity contribution in [1.29, 1.82) is 0 Å². The number of carbonyl (C=O) groups is 1. The number of nitrogens with one attached hydrogen (secondary N) is 3. The van der Waals surface area contributed by atoms with Crippen LogP contribution in [0.5, 0.6) is 11.6 Å². The Morgan fingerprint density at radius 1 is 1.28 bits per heavy atom. The van der Waals surface area contributed by atoms with Crippen molar-refractivity contribution >= 4 is 34.3 Å². The molecular weight excluding hydrogens is 427 g/mol. The predicted molar refractivity (Wildman–Crippen MR) is 111 cm³/mol. The van der Waals surface area contributed by atoms with Crippen LogP contribution < -0.4 is 15.4 Å². The molecule has 0 radical (unpaired) electrons. The highest BCUT2D eigenvalue weighted by molar-refractivity contribution is 5.99. The molecule has 1 aromatic carbocycles. The molecule has 0 spiro atoms. The lowest BCUT2D eigenvalue weighted by Gasteiger charge is -2.11. The van der Waals surface area contributed by atoms with Gasteiger partial charge in [-0.3, -0.25) is 9.48 Å². The molecule has 3 aromatic heterocycles. The summed E-state index contributed by atoms with van der Waals surface area (Å²) in [6.07, 6.45) is -0.748. The van der Waals surface area contributed by atoms with E-state index in [1.165, 1.54) is 13.2 Å². The maximum absolute atomic E-state index is 13.3. The van der Waals surface area contributed by atoms with Crippen molar-refractivity contribution in [2.24, 2.45) is 7.05 Å². The number of fused-ring (bicyclic) bond motifs is 1. The number of rotatable bonds is 6. The van der Waals surface area contributed by atoms with Gasteiger partial charge in [0.05, 0.1) is 11.1 Å². The summed E-state index contributed by atoms with van der Waals surface area (Å²) < 4.78 is 46.7. The average molecular weight is 443 g/mol. The number of carbonyl (C=O) groups excluding carboxylic acids is 1. The van der Waals surface area contributed by atoms with E-state index in [1.807, 2.05) is 0 Å². The molecule has 0 saturated heterocycles. The molecular formula is C20H16F3N7O2. The number of anilines is 3. The summed E-state index contributed by atoms with van der Waals surface area (Å²) in [6, 6.07) is 8.20. The standard InChI is InChI=1S/C20H16F3N7O2/c1-3-15(31)25-11-5-4-6-12(9-11)32-18-13-7-8-24-17(13)27-19(28-18)26-14-10-30(2)29-16(14)20(21,22)23/h3-10H,1H2,2H3,(H,25,31)(H2,24,26,27,28). The molecule has 3 heterocycles. The van der Waals surface area contributed by atoms with Crippen LogP contribution in [-0.4, -0.2) is 30.6 Å². The summed E-state index contributed by atoms with van der Waals surface area (Å²) in [5.74, 6) is -0.0648. The fourth-order valence-electron chi connectivity index (χ4n) is 2.90. The van der Waals surface area contributed by atoms with Crippen LogP contribution in [0.4, 0.5) is 30.5 Å². The first-order valence-corrected chi connectivity index (χ1v) is 9.17. The highest BCUT2D eigenvalue weighted by Crippen LogP contribution is 2.35. The Labute approximate surface area is 178 Å². The average Bonchev–Trinajstić information content (AvgIpc) is 3.34. The van der Waals surface area contributed by atoms with Crippen LogP contribution in [0.15, 0.2) is 55.4 Å². The maximum atomic E-state index is 13.3. The molecule has 12 heteroatoms. The molecule has 4 aromatic rings. The van der Waals surface area contributed by atoms with Crippen LogP contribution in [-0.2, 0) is 18.0 Å². The molecule has 1 amide bonds. The fourth-order valence-corrected chi connectivity index (χ4v) is 2.90. The van der Waals surface area contributed by atoms with Crippen molar-refractivity contribution in [3.8, 4) is 11.6 Å². The molecule has 0 aliphatic carbocycles. The van der Waals surface area contributed by atoms with Gasteiger partial charge in [0.25, 0.3) is 0 Å². The van der Waals surface area contributed by atoms with Gasteiger partial charge in [-0.1, -0.05) is 12.6 Å². The largest absolute Gasteiger partial charge is 0.438 e. The van der Waals surface area contributed by atoms with Gasteiger partial charge in [-0.15, -0.1) is 0 Å². The molecule has 4 rings (SSSR count). The summed E-state index contributed by atoms with van der Waals surface area (Å²) in [5, 5.41) is 9.14. The van der Waals surface area contributed by atoms with Gasteiger partial charge in [-0.25, -0.2) is 0 Å². The number of nitrogens with zero attached hydrogens (tertiary/aromatic N) is 4. The summed E-state index contributed by atoms with van der Waals surface area (Å²) in [5.41, 5.74) is -0.573. The first-order valence-electron chi connectivity index (χ1n) is 9.17. The van der Waals surface area contributed by atoms with E-state index in [2.05, 4.69) is 37.3 Å². The summed E-state index contributed by atoms with van der Waals surface area (Å²) in [4.78, 5) is 22.8. The Balaban J connectivity index is 1.67. The third-order valence-corrected chi connectivity index (χ3v) is 4.23. The van der Waals surface area contributed by atoms with Gasteiger partial charge in [-0.2, -0.15) is 28.2 Å². The zero-order valence-corrected chi connectivity index (χ0v) is 16.6. The number of aromatic amines is 1. The molecule has 32 heavy (non-hydrogen) atoms. The second-order valence-electron chi connectivity index (χ2n) is 6.60. The van der Waals surface area contributed by atoms with Gasteiger partial charge in [-0.05, 0) is 24.3 Å². The number of alkyl halides is 3. The molecule has 0 aliphatic heterocycles. The molecule has 0 saturated carbocycles. The molecule has 0 aliphatic rings. The van der Waals surface area contributed by atoms with E-state index in [0.29, 0.717) is 22.5 Å². The minimum Gasteiger partial charge on any atom is -0.438 e. The summed E-state index contributed by atoms with van der Waals surface area (Å²) in [7, 11) is 1.38. The first kappa shape index (κ1) is 20.9. The van der Waals surface area contributed by atoms with E-state index in [9.17, 15) is 18.0 Å². The number of hydrogen-bond donors (Lipinski definition) is 3. The normalized spacial score (nSPS) is 11.4. The molecule has 0 unspecified atom stereocenters. The van der Waals surface area contributed by atoms with Gasteiger partial charge in [0.2, 0.25) is 17.7 Å². The van der Waals surface area contributed by atoms with Crippen molar-refractivity contribution in [2.45, 2.75) is 6.18 Å². The first-order chi connectivity index (χ1) is 15.2. The molecule has 164 valence electrons. The minimum absolute atomic E-state index is 0.100. The van der Waals surface area contributed by atoms with Crippen molar-refractivity contribution in [3.05, 3.63) is 61.1 Å². The zero-order chi connectivity index (χ0) is 22.9. The van der Waals surface area contributed by atoms with Gasteiger partial charge in [0, 0.05) is 31.2 Å². The summed E-state index contributed by atoms with van der Waals surface area (Å²) in [6.45, 7) is 3.40. The number of hydrogen-bond acceptors (Lipinski definition) is 6. The van der Waals surface area contributed by atoms with Gasteiger partial charge in [0.15, 0.2) is 5.69 Å². The fraction of sp³-hybridized carbons (Fsp3) is 0.100. The highest BCUT2D eigenvalue weighted by Gasteiger charge is 2.37. The Morgan fingerprint density at radius 3 is 2.84 bits per heavy atom. The number of halogens is 3. The molecule has 0 fully saturated rings. The Kier molecular flexibility index (Phi) is 5.26. The van der Waals surface area contributed by atoms with E-state index in [0.717, 1.165) is 10.8 Å². The second-order valence-corrected chi connectivity index (χ2v) is 6.60. The van der Waals surface area contributed by atoms with E-state index < -0.39 is 11.9 Å². The smallest absolute Gasteiger partial charge is 0.437 e. The van der Waals surface area contributed by atoms with Crippen LogP contribution >= 0.6 is 0 Å². The number of aromatic nitrogens is 5. The number of ether oxygens (including phenoxy) is 1.